The van der Waals surface area contributed by atoms with Crippen molar-refractivity contribution in [2.24, 2.45) is 0 Å². The molecule has 0 fully saturated rings. The molecule has 1 rings (SSSR count). The molecule has 0 heterocycles. The second kappa shape index (κ2) is 6.53. The Morgan fingerprint density at radius 1 is 1.38 bits per heavy atom. The van der Waals surface area contributed by atoms with Crippen molar-refractivity contribution < 1.29 is 22.7 Å². The van der Waals surface area contributed by atoms with E-state index in [2.05, 4.69) is 4.72 Å². The lowest BCUT2D eigenvalue weighted by Gasteiger charge is -2.25. The first-order valence-corrected chi connectivity index (χ1v) is 8.14. The van der Waals surface area contributed by atoms with Gasteiger partial charge in [0.05, 0.1) is 5.75 Å². The number of aliphatic carboxylic acids is 1. The number of rotatable bonds is 7. The Labute approximate surface area is 124 Å². The van der Waals surface area contributed by atoms with Crippen LogP contribution in [0.15, 0.2) is 18.2 Å². The Morgan fingerprint density at radius 2 is 2.00 bits per heavy atom. The normalized spacial score (nSPS) is 12.4. The molecule has 0 bridgehead atoms. The van der Waals surface area contributed by atoms with Crippen molar-refractivity contribution in [3.8, 4) is 0 Å². The monoisotopic (exact) mass is 317 g/mol. The zero-order valence-electron chi connectivity index (χ0n) is 12.3. The second-order valence-corrected chi connectivity index (χ2v) is 7.44. The molecule has 21 heavy (non-hydrogen) atoms. The van der Waals surface area contributed by atoms with Crippen molar-refractivity contribution in [1.29, 1.82) is 0 Å². The highest BCUT2D eigenvalue weighted by atomic mass is 32.2. The number of carboxylic acids is 1. The lowest BCUT2D eigenvalue weighted by Crippen LogP contribution is -2.44. The van der Waals surface area contributed by atoms with E-state index in [9.17, 15) is 17.6 Å². The maximum atomic E-state index is 13.4. The van der Waals surface area contributed by atoms with Crippen molar-refractivity contribution in [1.82, 2.24) is 4.72 Å². The van der Waals surface area contributed by atoms with Crippen LogP contribution in [0.2, 0.25) is 0 Å². The topological polar surface area (TPSA) is 83.5 Å². The SMILES string of the molecule is Cc1ccc(CS(=O)(=O)NC(C)(C)CCC(=O)O)cc1F. The third-order valence-electron chi connectivity index (χ3n) is 2.99. The molecule has 0 unspecified atom stereocenters. The maximum absolute atomic E-state index is 13.4. The Kier molecular flexibility index (Phi) is 5.47. The minimum Gasteiger partial charge on any atom is -0.481 e. The quantitative estimate of drug-likeness (QED) is 0.807. The predicted molar refractivity (Wildman–Crippen MR) is 77.8 cm³/mol. The number of carboxylic acid groups (broad SMARTS) is 1. The zero-order chi connectivity index (χ0) is 16.3. The molecule has 5 nitrogen and oxygen atoms in total. The fraction of sp³-hybridized carbons (Fsp3) is 0.500. The number of aryl methyl sites for hydroxylation is 1. The van der Waals surface area contributed by atoms with Gasteiger partial charge in [-0.25, -0.2) is 17.5 Å². The van der Waals surface area contributed by atoms with E-state index in [1.807, 2.05) is 0 Å². The van der Waals surface area contributed by atoms with Gasteiger partial charge in [-0.05, 0) is 44.4 Å². The first-order valence-electron chi connectivity index (χ1n) is 6.49. The number of hydrogen-bond donors (Lipinski definition) is 2. The molecule has 1 aromatic carbocycles. The second-order valence-electron chi connectivity index (χ2n) is 5.72. The van der Waals surface area contributed by atoms with Gasteiger partial charge < -0.3 is 5.11 Å². The van der Waals surface area contributed by atoms with Crippen molar-refractivity contribution in [3.63, 3.8) is 0 Å². The predicted octanol–water partition coefficient (Wildman–Crippen LogP) is 2.20. The van der Waals surface area contributed by atoms with Gasteiger partial charge in [0.25, 0.3) is 0 Å². The summed E-state index contributed by atoms with van der Waals surface area (Å²) in [6, 6.07) is 4.27. The smallest absolute Gasteiger partial charge is 0.303 e. The largest absolute Gasteiger partial charge is 0.481 e. The van der Waals surface area contributed by atoms with Gasteiger partial charge in [-0.15, -0.1) is 0 Å². The lowest BCUT2D eigenvalue weighted by atomic mass is 10.0. The van der Waals surface area contributed by atoms with Gasteiger partial charge in [0.1, 0.15) is 5.82 Å². The highest BCUT2D eigenvalue weighted by Crippen LogP contribution is 2.16. The summed E-state index contributed by atoms with van der Waals surface area (Å²) < 4.78 is 40.0. The summed E-state index contributed by atoms with van der Waals surface area (Å²) in [6.45, 7) is 4.83. The average Bonchev–Trinajstić information content (AvgIpc) is 2.30. The van der Waals surface area contributed by atoms with E-state index in [-0.39, 0.29) is 18.6 Å². The van der Waals surface area contributed by atoms with Gasteiger partial charge in [-0.3, -0.25) is 4.79 Å². The number of nitrogens with one attached hydrogen (secondary N) is 1. The summed E-state index contributed by atoms with van der Waals surface area (Å²) in [6.07, 6.45) is 0.0402. The average molecular weight is 317 g/mol. The third-order valence-corrected chi connectivity index (χ3v) is 4.57. The van der Waals surface area contributed by atoms with E-state index in [1.165, 1.54) is 12.1 Å². The van der Waals surface area contributed by atoms with Crippen LogP contribution in [0.1, 0.15) is 37.8 Å². The first-order chi connectivity index (χ1) is 9.51. The van der Waals surface area contributed by atoms with Gasteiger partial charge >= 0.3 is 5.97 Å². The van der Waals surface area contributed by atoms with E-state index in [1.54, 1.807) is 26.8 Å². The Balaban J connectivity index is 2.77. The van der Waals surface area contributed by atoms with Crippen LogP contribution in [0.3, 0.4) is 0 Å². The Bertz CT molecular complexity index is 626. The molecule has 0 atom stereocenters. The molecule has 1 aromatic rings. The van der Waals surface area contributed by atoms with Gasteiger partial charge in [0.15, 0.2) is 0 Å². The maximum Gasteiger partial charge on any atom is 0.303 e. The fourth-order valence-electron chi connectivity index (χ4n) is 1.87. The molecule has 0 spiro atoms. The van der Waals surface area contributed by atoms with Crippen LogP contribution in [-0.2, 0) is 20.6 Å². The minimum atomic E-state index is -3.68. The fourth-order valence-corrected chi connectivity index (χ4v) is 3.51. The molecular weight excluding hydrogens is 297 g/mol. The number of sulfonamides is 1. The highest BCUT2D eigenvalue weighted by Gasteiger charge is 2.25. The standard InChI is InChI=1S/C14H20FNO4S/c1-10-4-5-11(8-12(10)15)9-21(19,20)16-14(2,3)7-6-13(17)18/h4-5,8,16H,6-7,9H2,1-3H3,(H,17,18). The highest BCUT2D eigenvalue weighted by molar-refractivity contribution is 7.88. The van der Waals surface area contributed by atoms with Gasteiger partial charge in [-0.1, -0.05) is 12.1 Å². The molecule has 2 N–H and O–H groups in total. The molecule has 0 aliphatic rings. The van der Waals surface area contributed by atoms with Crippen LogP contribution in [0.4, 0.5) is 4.39 Å². The van der Waals surface area contributed by atoms with Crippen LogP contribution >= 0.6 is 0 Å². The summed E-state index contributed by atoms with van der Waals surface area (Å²) in [5, 5.41) is 8.65. The molecular formula is C14H20FNO4S. The molecule has 0 saturated heterocycles. The number of hydrogen-bond acceptors (Lipinski definition) is 3. The number of halogens is 1. The number of carbonyl (C=O) groups is 1. The minimum absolute atomic E-state index is 0.130. The Hall–Kier alpha value is -1.47. The summed E-state index contributed by atoms with van der Waals surface area (Å²) in [7, 11) is -3.68. The molecule has 7 heteroatoms. The summed E-state index contributed by atoms with van der Waals surface area (Å²) in [5.41, 5.74) is -0.0778. The van der Waals surface area contributed by atoms with Gasteiger partial charge in [-0.2, -0.15) is 0 Å². The molecule has 0 amide bonds. The third kappa shape index (κ3) is 6.22. The van der Waals surface area contributed by atoms with E-state index in [0.29, 0.717) is 11.1 Å². The molecule has 0 aromatic heterocycles. The lowest BCUT2D eigenvalue weighted by molar-refractivity contribution is -0.137. The Morgan fingerprint density at radius 3 is 2.52 bits per heavy atom. The van der Waals surface area contributed by atoms with E-state index >= 15 is 0 Å². The van der Waals surface area contributed by atoms with Crippen molar-refractivity contribution >= 4 is 16.0 Å². The van der Waals surface area contributed by atoms with Crippen LogP contribution in [-0.4, -0.2) is 25.0 Å². The van der Waals surface area contributed by atoms with E-state index in [4.69, 9.17) is 5.11 Å². The van der Waals surface area contributed by atoms with Crippen LogP contribution in [0.25, 0.3) is 0 Å². The molecule has 0 aliphatic carbocycles. The molecule has 0 aliphatic heterocycles. The zero-order valence-corrected chi connectivity index (χ0v) is 13.1. The molecule has 0 saturated carbocycles. The first kappa shape index (κ1) is 17.6. The number of benzene rings is 1. The van der Waals surface area contributed by atoms with E-state index < -0.39 is 27.3 Å². The summed E-state index contributed by atoms with van der Waals surface area (Å²) in [5.74, 6) is -1.78. The van der Waals surface area contributed by atoms with Gasteiger partial charge in [0.2, 0.25) is 10.0 Å². The van der Waals surface area contributed by atoms with Crippen LogP contribution in [0, 0.1) is 12.7 Å². The van der Waals surface area contributed by atoms with Crippen molar-refractivity contribution in [2.75, 3.05) is 0 Å². The molecule has 118 valence electrons. The summed E-state index contributed by atoms with van der Waals surface area (Å²) >= 11 is 0. The summed E-state index contributed by atoms with van der Waals surface area (Å²) in [4.78, 5) is 10.6. The van der Waals surface area contributed by atoms with Crippen molar-refractivity contribution in [3.05, 3.63) is 35.1 Å². The van der Waals surface area contributed by atoms with E-state index in [0.717, 1.165) is 0 Å². The van der Waals surface area contributed by atoms with Gasteiger partial charge in [0, 0.05) is 12.0 Å². The van der Waals surface area contributed by atoms with Crippen molar-refractivity contribution in [2.45, 2.75) is 44.9 Å². The van der Waals surface area contributed by atoms with Crippen LogP contribution < -0.4 is 4.72 Å². The van der Waals surface area contributed by atoms with Crippen LogP contribution in [0.5, 0.6) is 0 Å². The molecule has 0 radical (unpaired) electrons.